The van der Waals surface area contributed by atoms with E-state index in [0.29, 0.717) is 0 Å². The molecule has 276 valence electrons. The van der Waals surface area contributed by atoms with Crippen LogP contribution in [0.25, 0.3) is 0 Å². The summed E-state index contributed by atoms with van der Waals surface area (Å²) >= 11 is 0. The number of aliphatic hydroxyl groups excluding tert-OH is 2. The van der Waals surface area contributed by atoms with E-state index < -0.39 is 32.6 Å². The fourth-order valence-electron chi connectivity index (χ4n) is 5.22. The molecule has 46 heavy (non-hydrogen) atoms. The molecule has 0 rings (SSSR count). The number of ketones is 1. The van der Waals surface area contributed by atoms with Crippen molar-refractivity contribution in [2.75, 3.05) is 19.8 Å². The molecule has 0 aromatic carbocycles. The molecule has 0 aliphatic carbocycles. The Balaban J connectivity index is 0. The number of esters is 1. The lowest BCUT2D eigenvalue weighted by atomic mass is 10.0. The smallest absolute Gasteiger partial charge is 0.451 e. The predicted octanol–water partition coefficient (Wildman–Crippen LogP) is 8.06. The summed E-state index contributed by atoms with van der Waals surface area (Å²) in [6.45, 7) is 3.92. The number of hydrogen-bond donors (Lipinski definition) is 5. The Bertz CT molecular complexity index is 720. The van der Waals surface area contributed by atoms with E-state index in [1.165, 1.54) is 116 Å². The van der Waals surface area contributed by atoms with E-state index in [2.05, 4.69) is 18.4 Å². The summed E-state index contributed by atoms with van der Waals surface area (Å²) < 4.78 is 19.1. The molecule has 0 aliphatic heterocycles. The highest BCUT2D eigenvalue weighted by molar-refractivity contribution is 7.46. The van der Waals surface area contributed by atoms with Gasteiger partial charge in [0.15, 0.2) is 11.9 Å². The van der Waals surface area contributed by atoms with Gasteiger partial charge in [-0.25, -0.2) is 4.57 Å². The van der Waals surface area contributed by atoms with E-state index >= 15 is 0 Å². The Morgan fingerprint density at radius 3 is 1.28 bits per heavy atom. The number of carbonyl (C=O) groups excluding carboxylic acids is 2. The van der Waals surface area contributed by atoms with Crippen LogP contribution in [0.1, 0.15) is 181 Å². The Hall–Kier alpha value is -0.870. The van der Waals surface area contributed by atoms with Crippen LogP contribution in [0.15, 0.2) is 0 Å². The van der Waals surface area contributed by atoms with E-state index in [4.69, 9.17) is 20.3 Å². The van der Waals surface area contributed by atoms with Crippen molar-refractivity contribution in [3.8, 4) is 0 Å². The van der Waals surface area contributed by atoms with Gasteiger partial charge in [0.05, 0.1) is 13.2 Å². The average Bonchev–Trinajstić information content (AvgIpc) is 3.03. The minimum absolute atomic E-state index is 0.107. The number of ether oxygens (including phenoxy) is 1. The number of phosphoric acid groups is 1. The Labute approximate surface area is 281 Å². The fourth-order valence-corrected chi connectivity index (χ4v) is 5.56. The lowest BCUT2D eigenvalue weighted by Gasteiger charge is -2.20. The maximum atomic E-state index is 12.6. The molecule has 0 aromatic heterocycles. The van der Waals surface area contributed by atoms with Crippen LogP contribution in [-0.4, -0.2) is 63.7 Å². The van der Waals surface area contributed by atoms with Gasteiger partial charge in [0.1, 0.15) is 6.10 Å². The van der Waals surface area contributed by atoms with Gasteiger partial charge in [-0.3, -0.25) is 14.1 Å². The van der Waals surface area contributed by atoms with Crippen molar-refractivity contribution >= 4 is 19.6 Å². The molecule has 0 fully saturated rings. The molecule has 0 aromatic rings. The van der Waals surface area contributed by atoms with Crippen molar-refractivity contribution in [1.29, 1.82) is 0 Å². The molecule has 0 saturated heterocycles. The number of rotatable bonds is 33. The monoisotopic (exact) mass is 681 g/mol. The van der Waals surface area contributed by atoms with Gasteiger partial charge in [-0.1, -0.05) is 155 Å². The fraction of sp³-hybridized carbons (Fsp3) is 0.943. The van der Waals surface area contributed by atoms with Crippen LogP contribution in [0.2, 0.25) is 0 Å². The molecule has 6 N–H and O–H groups in total. The molecule has 11 heteroatoms. The summed E-state index contributed by atoms with van der Waals surface area (Å²) in [5.74, 6) is -0.723. The molecule has 10 nitrogen and oxygen atoms in total. The molecular formula is C35H72NO9P. The van der Waals surface area contributed by atoms with Crippen molar-refractivity contribution < 1.29 is 43.4 Å². The topological polar surface area (TPSA) is 177 Å². The van der Waals surface area contributed by atoms with Crippen molar-refractivity contribution in [2.24, 2.45) is 5.73 Å². The molecule has 2 atom stereocenters. The highest BCUT2D eigenvalue weighted by atomic mass is 31.2. The lowest BCUT2D eigenvalue weighted by Crippen LogP contribution is -2.40. The number of Topliss-reactive ketones (excluding diaryl/α,β-unsaturated/α-hetero) is 1. The van der Waals surface area contributed by atoms with Crippen LogP contribution in [0.3, 0.4) is 0 Å². The van der Waals surface area contributed by atoms with Crippen LogP contribution in [-0.2, 0) is 23.4 Å². The van der Waals surface area contributed by atoms with E-state index in [1.807, 2.05) is 0 Å². The summed E-state index contributed by atoms with van der Waals surface area (Å²) in [5.41, 5.74) is 4.87. The van der Waals surface area contributed by atoms with Crippen LogP contribution < -0.4 is 5.73 Å². The lowest BCUT2D eigenvalue weighted by molar-refractivity contribution is -0.163. The van der Waals surface area contributed by atoms with Crippen LogP contribution >= 0.6 is 7.82 Å². The first-order valence-corrected chi connectivity index (χ1v) is 20.1. The van der Waals surface area contributed by atoms with Gasteiger partial charge < -0.3 is 30.5 Å². The van der Waals surface area contributed by atoms with Gasteiger partial charge >= 0.3 is 13.8 Å². The minimum Gasteiger partial charge on any atom is -0.451 e. The molecule has 0 amide bonds. The Kier molecular flexibility index (Phi) is 36.4. The van der Waals surface area contributed by atoms with E-state index in [-0.39, 0.29) is 31.8 Å². The molecule has 0 bridgehead atoms. The number of aliphatic hydroxyl groups is 2. The molecular weight excluding hydrogens is 609 g/mol. The second kappa shape index (κ2) is 35.4. The zero-order chi connectivity index (χ0) is 34.7. The van der Waals surface area contributed by atoms with E-state index in [0.717, 1.165) is 38.5 Å². The first-order valence-electron chi connectivity index (χ1n) is 18.5. The quantitative estimate of drug-likeness (QED) is 0.0259. The molecule has 0 spiro atoms. The maximum Gasteiger partial charge on any atom is 0.469 e. The third kappa shape index (κ3) is 36.0. The summed E-state index contributed by atoms with van der Waals surface area (Å²) in [7, 11) is -4.26. The number of carbonyl (C=O) groups is 2. The SMILES string of the molecule is CCCCCCCCCCCCCCCC(=O)OC(C(=O)CCCCCCCCCCCCC)C(O)CO.NCCOP(=O)(O)O. The molecule has 2 unspecified atom stereocenters. The molecule has 0 aliphatic rings. The molecule has 0 saturated carbocycles. The van der Waals surface area contributed by atoms with Crippen LogP contribution in [0.5, 0.6) is 0 Å². The highest BCUT2D eigenvalue weighted by Crippen LogP contribution is 2.34. The van der Waals surface area contributed by atoms with Crippen molar-refractivity contribution in [2.45, 2.75) is 193 Å². The second-order valence-electron chi connectivity index (χ2n) is 12.5. The number of unbranched alkanes of at least 4 members (excludes halogenated alkanes) is 22. The van der Waals surface area contributed by atoms with E-state index in [1.54, 1.807) is 0 Å². The average molecular weight is 682 g/mol. The third-order valence-electron chi connectivity index (χ3n) is 8.00. The van der Waals surface area contributed by atoms with Crippen molar-refractivity contribution in [1.82, 2.24) is 0 Å². The zero-order valence-electron chi connectivity index (χ0n) is 29.5. The van der Waals surface area contributed by atoms with E-state index in [9.17, 15) is 24.4 Å². The van der Waals surface area contributed by atoms with Crippen molar-refractivity contribution in [3.05, 3.63) is 0 Å². The highest BCUT2D eigenvalue weighted by Gasteiger charge is 2.29. The first kappa shape index (κ1) is 47.2. The van der Waals surface area contributed by atoms with Crippen molar-refractivity contribution in [3.63, 3.8) is 0 Å². The zero-order valence-corrected chi connectivity index (χ0v) is 30.4. The van der Waals surface area contributed by atoms with Gasteiger partial charge in [-0.2, -0.15) is 0 Å². The Morgan fingerprint density at radius 1 is 0.630 bits per heavy atom. The Morgan fingerprint density at radius 2 is 0.978 bits per heavy atom. The number of phosphoric ester groups is 1. The minimum atomic E-state index is -4.26. The van der Waals surface area contributed by atoms with Gasteiger partial charge in [0.2, 0.25) is 0 Å². The number of hydrogen-bond acceptors (Lipinski definition) is 8. The van der Waals surface area contributed by atoms with Gasteiger partial charge in [-0.15, -0.1) is 0 Å². The summed E-state index contributed by atoms with van der Waals surface area (Å²) in [6.07, 6.45) is 27.3. The largest absolute Gasteiger partial charge is 0.469 e. The third-order valence-corrected chi connectivity index (χ3v) is 8.52. The predicted molar refractivity (Wildman–Crippen MR) is 186 cm³/mol. The summed E-state index contributed by atoms with van der Waals surface area (Å²) in [6, 6.07) is 0. The number of nitrogens with two attached hydrogens (primary N) is 1. The molecule has 0 heterocycles. The molecule has 0 radical (unpaired) electrons. The van der Waals surface area contributed by atoms with Crippen LogP contribution in [0, 0.1) is 0 Å². The first-order chi connectivity index (χ1) is 22.1. The second-order valence-corrected chi connectivity index (χ2v) is 13.8. The summed E-state index contributed by atoms with van der Waals surface area (Å²) in [5, 5.41) is 19.4. The normalized spacial score (nSPS) is 12.8. The van der Waals surface area contributed by atoms with Gasteiger partial charge in [0, 0.05) is 19.4 Å². The maximum absolute atomic E-state index is 12.6. The van der Waals surface area contributed by atoms with Gasteiger partial charge in [-0.05, 0) is 12.8 Å². The summed E-state index contributed by atoms with van der Waals surface area (Å²) in [4.78, 5) is 40.8. The van der Waals surface area contributed by atoms with Crippen LogP contribution in [0.4, 0.5) is 0 Å². The van der Waals surface area contributed by atoms with Gasteiger partial charge in [0.25, 0.3) is 0 Å². The standard InChI is InChI=1S/C33H64O5.C2H8NO4P/c1-3-5-7-9-11-13-15-16-18-20-22-24-26-28-32(37)38-33(31(36)29-34)30(35)27-25-23-21-19-17-14-12-10-8-6-4-2;3-1-2-7-8(4,5)6/h31,33-34,36H,3-29H2,1-2H3;1-3H2,(H2,4,5,6).